The van der Waals surface area contributed by atoms with Gasteiger partial charge in [0.15, 0.2) is 0 Å². The van der Waals surface area contributed by atoms with Crippen LogP contribution in [0.5, 0.6) is 0 Å². The summed E-state index contributed by atoms with van der Waals surface area (Å²) in [7, 11) is 0. The Morgan fingerprint density at radius 3 is 2.75 bits per heavy atom. The molecule has 2 aliphatic heterocycles. The van der Waals surface area contributed by atoms with E-state index in [1.165, 1.54) is 0 Å². The van der Waals surface area contributed by atoms with Gasteiger partial charge >= 0.3 is 0 Å². The van der Waals surface area contributed by atoms with Crippen molar-refractivity contribution in [3.8, 4) is 0 Å². The second kappa shape index (κ2) is 5.15. The van der Waals surface area contributed by atoms with Crippen molar-refractivity contribution >= 4 is 5.91 Å². The molecule has 16 heavy (non-hydrogen) atoms. The Bertz CT molecular complexity index is 251. The minimum Gasteiger partial charge on any atom is -0.378 e. The highest BCUT2D eigenvalue weighted by Crippen LogP contribution is 2.20. The summed E-state index contributed by atoms with van der Waals surface area (Å²) in [6.45, 7) is 6.79. The van der Waals surface area contributed by atoms with Gasteiger partial charge in [-0.3, -0.25) is 4.79 Å². The number of rotatable bonds is 3. The van der Waals surface area contributed by atoms with Crippen LogP contribution in [0.3, 0.4) is 0 Å². The number of nitrogens with one attached hydrogen (secondary N) is 2. The van der Waals surface area contributed by atoms with Crippen LogP contribution in [0.4, 0.5) is 0 Å². The Balaban J connectivity index is 1.78. The lowest BCUT2D eigenvalue weighted by Gasteiger charge is -2.34. The van der Waals surface area contributed by atoms with E-state index < -0.39 is 0 Å². The van der Waals surface area contributed by atoms with E-state index in [-0.39, 0.29) is 11.8 Å². The molecule has 0 aromatic rings. The predicted molar refractivity (Wildman–Crippen MR) is 62.1 cm³/mol. The molecule has 0 aromatic carbocycles. The van der Waals surface area contributed by atoms with Crippen LogP contribution in [0.25, 0.3) is 0 Å². The molecule has 2 saturated heterocycles. The highest BCUT2D eigenvalue weighted by molar-refractivity contribution is 5.80. The molecule has 0 spiro atoms. The van der Waals surface area contributed by atoms with E-state index in [1.54, 1.807) is 0 Å². The number of carbonyl (C=O) groups excluding carboxylic acids is 1. The molecule has 0 bridgehead atoms. The molecule has 2 N–H and O–H groups in total. The molecule has 0 radical (unpaired) electrons. The zero-order valence-corrected chi connectivity index (χ0v) is 10.2. The van der Waals surface area contributed by atoms with Crippen LogP contribution in [0.1, 0.15) is 26.7 Å². The maximum absolute atomic E-state index is 11.8. The largest absolute Gasteiger partial charge is 0.378 e. The fourth-order valence-corrected chi connectivity index (χ4v) is 2.22. The van der Waals surface area contributed by atoms with E-state index in [0.717, 1.165) is 32.5 Å². The van der Waals surface area contributed by atoms with E-state index in [4.69, 9.17) is 4.74 Å². The summed E-state index contributed by atoms with van der Waals surface area (Å²) >= 11 is 0. The lowest BCUT2D eigenvalue weighted by molar-refractivity contribution is -0.128. The van der Waals surface area contributed by atoms with Crippen molar-refractivity contribution < 1.29 is 9.53 Å². The SMILES string of the molecule is CC(C)C1CC(NC(=O)C2CNC2)CCO1. The number of hydrogen-bond acceptors (Lipinski definition) is 3. The average Bonchev–Trinajstić information content (AvgIpc) is 2.15. The molecule has 92 valence electrons. The molecule has 1 amide bonds. The standard InChI is InChI=1S/C12H22N2O2/c1-8(2)11-5-10(3-4-16-11)14-12(15)9-6-13-7-9/h8-11,13H,3-7H2,1-2H3,(H,14,15). The van der Waals surface area contributed by atoms with Crippen LogP contribution >= 0.6 is 0 Å². The molecular formula is C12H22N2O2. The monoisotopic (exact) mass is 226 g/mol. The first kappa shape index (κ1) is 11.9. The van der Waals surface area contributed by atoms with Crippen molar-refractivity contribution in [2.75, 3.05) is 19.7 Å². The minimum atomic E-state index is 0.195. The van der Waals surface area contributed by atoms with Gasteiger partial charge in [0.1, 0.15) is 0 Å². The number of amides is 1. The Labute approximate surface area is 97.1 Å². The molecule has 2 heterocycles. The van der Waals surface area contributed by atoms with Crippen molar-refractivity contribution in [3.05, 3.63) is 0 Å². The van der Waals surface area contributed by atoms with E-state index in [2.05, 4.69) is 24.5 Å². The summed E-state index contributed by atoms with van der Waals surface area (Å²) in [6, 6.07) is 0.314. The Morgan fingerprint density at radius 2 is 2.19 bits per heavy atom. The molecule has 2 rings (SSSR count). The molecular weight excluding hydrogens is 204 g/mol. The number of hydrogen-bond donors (Lipinski definition) is 2. The zero-order chi connectivity index (χ0) is 11.5. The summed E-state index contributed by atoms with van der Waals surface area (Å²) in [5.41, 5.74) is 0. The van der Waals surface area contributed by atoms with Gasteiger partial charge in [-0.1, -0.05) is 13.8 Å². The summed E-state index contributed by atoms with van der Waals surface area (Å²) in [5, 5.41) is 6.27. The normalized spacial score (nSPS) is 31.2. The Morgan fingerprint density at radius 1 is 1.44 bits per heavy atom. The van der Waals surface area contributed by atoms with Gasteiger partial charge in [-0.25, -0.2) is 0 Å². The second-order valence-corrected chi connectivity index (χ2v) is 5.24. The fraction of sp³-hybridized carbons (Fsp3) is 0.917. The van der Waals surface area contributed by atoms with Crippen molar-refractivity contribution in [1.29, 1.82) is 0 Å². The first-order valence-corrected chi connectivity index (χ1v) is 6.29. The van der Waals surface area contributed by atoms with Crippen molar-refractivity contribution in [3.63, 3.8) is 0 Å². The quantitative estimate of drug-likeness (QED) is 0.738. The molecule has 0 aliphatic carbocycles. The predicted octanol–water partition coefficient (Wildman–Crippen LogP) is 0.526. The summed E-state index contributed by atoms with van der Waals surface area (Å²) in [4.78, 5) is 11.8. The molecule has 0 saturated carbocycles. The average molecular weight is 226 g/mol. The summed E-state index contributed by atoms with van der Waals surface area (Å²) in [5.74, 6) is 0.943. The van der Waals surface area contributed by atoms with E-state index in [1.807, 2.05) is 0 Å². The maximum atomic E-state index is 11.8. The van der Waals surface area contributed by atoms with Crippen molar-refractivity contribution in [2.45, 2.75) is 38.8 Å². The lowest BCUT2D eigenvalue weighted by atomic mass is 9.94. The first-order chi connectivity index (χ1) is 7.66. The highest BCUT2D eigenvalue weighted by atomic mass is 16.5. The van der Waals surface area contributed by atoms with Gasteiger partial charge in [-0.15, -0.1) is 0 Å². The van der Waals surface area contributed by atoms with Crippen LogP contribution in [0, 0.1) is 11.8 Å². The fourth-order valence-electron chi connectivity index (χ4n) is 2.22. The van der Waals surface area contributed by atoms with Gasteiger partial charge in [0.2, 0.25) is 5.91 Å². The van der Waals surface area contributed by atoms with E-state index >= 15 is 0 Å². The topological polar surface area (TPSA) is 50.4 Å². The maximum Gasteiger partial charge on any atom is 0.225 e. The van der Waals surface area contributed by atoms with Crippen LogP contribution in [-0.4, -0.2) is 37.7 Å². The molecule has 2 unspecified atom stereocenters. The molecule has 4 nitrogen and oxygen atoms in total. The molecule has 2 aliphatic rings. The lowest BCUT2D eigenvalue weighted by Crippen LogP contribution is -2.54. The first-order valence-electron chi connectivity index (χ1n) is 6.29. The molecule has 2 atom stereocenters. The van der Waals surface area contributed by atoms with Crippen LogP contribution in [0.2, 0.25) is 0 Å². The van der Waals surface area contributed by atoms with E-state index in [9.17, 15) is 4.79 Å². The third kappa shape index (κ3) is 2.74. The third-order valence-electron chi connectivity index (χ3n) is 3.56. The minimum absolute atomic E-state index is 0.195. The van der Waals surface area contributed by atoms with Gasteiger partial charge in [-0.05, 0) is 18.8 Å². The van der Waals surface area contributed by atoms with Crippen molar-refractivity contribution in [1.82, 2.24) is 10.6 Å². The van der Waals surface area contributed by atoms with E-state index in [0.29, 0.717) is 18.1 Å². The van der Waals surface area contributed by atoms with Gasteiger partial charge in [0.25, 0.3) is 0 Å². The number of ether oxygens (including phenoxy) is 1. The van der Waals surface area contributed by atoms with Crippen LogP contribution in [0.15, 0.2) is 0 Å². The van der Waals surface area contributed by atoms with Gasteiger partial charge in [0.05, 0.1) is 12.0 Å². The smallest absolute Gasteiger partial charge is 0.225 e. The summed E-state index contributed by atoms with van der Waals surface area (Å²) in [6.07, 6.45) is 2.22. The number of carbonyl (C=O) groups is 1. The zero-order valence-electron chi connectivity index (χ0n) is 10.2. The highest BCUT2D eigenvalue weighted by Gasteiger charge is 2.30. The van der Waals surface area contributed by atoms with Crippen LogP contribution < -0.4 is 10.6 Å². The molecule has 2 fully saturated rings. The Kier molecular flexibility index (Phi) is 3.82. The van der Waals surface area contributed by atoms with Crippen molar-refractivity contribution in [2.24, 2.45) is 11.8 Å². The van der Waals surface area contributed by atoms with Gasteiger partial charge < -0.3 is 15.4 Å². The molecule has 0 aromatic heterocycles. The third-order valence-corrected chi connectivity index (χ3v) is 3.56. The summed E-state index contributed by atoms with van der Waals surface area (Å²) < 4.78 is 5.69. The van der Waals surface area contributed by atoms with Gasteiger partial charge in [0, 0.05) is 25.7 Å². The Hall–Kier alpha value is -0.610. The van der Waals surface area contributed by atoms with Crippen LogP contribution in [-0.2, 0) is 9.53 Å². The molecule has 4 heteroatoms. The van der Waals surface area contributed by atoms with Gasteiger partial charge in [-0.2, -0.15) is 0 Å². The second-order valence-electron chi connectivity index (χ2n) is 5.24.